The number of aromatic nitrogens is 1. The molecule has 0 atom stereocenters. The summed E-state index contributed by atoms with van der Waals surface area (Å²) in [6.45, 7) is -4.70. The number of nitrogens with one attached hydrogen (secondary N) is 1. The minimum atomic E-state index is -4.42. The van der Waals surface area contributed by atoms with Gasteiger partial charge in [0.15, 0.2) is 0 Å². The largest absolute Gasteiger partial charge is 0.455 e. The monoisotopic (exact) mass is 637 g/mol. The normalized spacial score (nSPS) is 16.3. The van der Waals surface area contributed by atoms with Crippen LogP contribution in [-0.4, -0.2) is 68.6 Å². The number of likely N-dealkylation sites (tertiary alicyclic amines) is 1. The first kappa shape index (κ1) is 29.5. The number of benzene rings is 3. The molecule has 0 radical (unpaired) electrons. The molecule has 0 bridgehead atoms. The van der Waals surface area contributed by atoms with Crippen LogP contribution >= 0.6 is 0 Å². The van der Waals surface area contributed by atoms with Crippen molar-refractivity contribution in [1.82, 2.24) is 9.88 Å². The molecule has 44 heavy (non-hydrogen) atoms. The second-order valence-corrected chi connectivity index (χ2v) is 12.4. The fraction of sp³-hybridized carbons (Fsp3) is 0.241. The maximum Gasteiger partial charge on any atom is 0.329 e. The van der Waals surface area contributed by atoms with E-state index in [9.17, 15) is 44.3 Å². The van der Waals surface area contributed by atoms with Gasteiger partial charge < -0.3 is 14.3 Å². The quantitative estimate of drug-likeness (QED) is 0.241. The first-order valence-electron chi connectivity index (χ1n) is 13.0. The highest BCUT2D eigenvalue weighted by Crippen LogP contribution is 2.43. The van der Waals surface area contributed by atoms with Crippen molar-refractivity contribution in [2.24, 2.45) is 0 Å². The molecule has 1 amide bonds. The van der Waals surface area contributed by atoms with Crippen molar-refractivity contribution in [2.75, 3.05) is 36.9 Å². The molecule has 3 heterocycles. The fourth-order valence-electron chi connectivity index (χ4n) is 5.44. The zero-order valence-corrected chi connectivity index (χ0v) is 23.5. The number of carbonyl (C=O) groups excluding carboxylic acids is 1. The molecule has 15 heteroatoms. The fourth-order valence-corrected chi connectivity index (χ4v) is 6.35. The van der Waals surface area contributed by atoms with E-state index in [0.29, 0.717) is 10.3 Å². The van der Waals surface area contributed by atoms with Crippen LogP contribution in [0.4, 0.5) is 32.0 Å². The summed E-state index contributed by atoms with van der Waals surface area (Å²) in [7, 11) is -4.12. The Morgan fingerprint density at radius 1 is 1.02 bits per heavy atom. The molecular weight excluding hydrogens is 616 g/mol. The third-order valence-electron chi connectivity index (χ3n) is 7.49. The van der Waals surface area contributed by atoms with Crippen LogP contribution < -0.4 is 9.86 Å². The van der Waals surface area contributed by atoms with Crippen LogP contribution in [-0.2, 0) is 10.0 Å². The van der Waals surface area contributed by atoms with E-state index in [1.807, 2.05) is 0 Å². The first-order valence-corrected chi connectivity index (χ1v) is 14.9. The molecule has 3 aromatic carbocycles. The molecule has 1 aliphatic heterocycles. The summed E-state index contributed by atoms with van der Waals surface area (Å²) in [6, 6.07) is 11.5. The Bertz CT molecular complexity index is 2150. The smallest absolute Gasteiger partial charge is 0.329 e. The third-order valence-corrected chi connectivity index (χ3v) is 8.67. The zero-order chi connectivity index (χ0) is 31.8. The Balaban J connectivity index is 1.58. The third kappa shape index (κ3) is 4.75. The average Bonchev–Trinajstić information content (AvgIpc) is 3.42. The van der Waals surface area contributed by atoms with Gasteiger partial charge in [0.1, 0.15) is 23.7 Å². The highest BCUT2D eigenvalue weighted by atomic mass is 32.2. The summed E-state index contributed by atoms with van der Waals surface area (Å²) in [5.41, 5.74) is -0.564. The number of amides is 1. The number of nitrogens with zero attached hydrogens (tertiary/aromatic N) is 2. The van der Waals surface area contributed by atoms with Crippen molar-refractivity contribution in [1.29, 1.82) is 0 Å². The topological polar surface area (TPSA) is 104 Å². The van der Waals surface area contributed by atoms with E-state index in [4.69, 9.17) is 4.42 Å². The highest BCUT2D eigenvalue weighted by molar-refractivity contribution is 7.92. The summed E-state index contributed by atoms with van der Waals surface area (Å²) in [5, 5.41) is 0.573. The van der Waals surface area contributed by atoms with Gasteiger partial charge in [0.05, 0.1) is 42.5 Å². The molecule has 1 fully saturated rings. The second-order valence-electron chi connectivity index (χ2n) is 10.5. The van der Waals surface area contributed by atoms with E-state index in [1.54, 1.807) is 0 Å². The number of fused-ring (bicyclic) bond motifs is 5. The molecule has 1 saturated heterocycles. The van der Waals surface area contributed by atoms with Crippen LogP contribution in [0.25, 0.3) is 44.0 Å². The molecule has 2 aromatic heterocycles. The Morgan fingerprint density at radius 3 is 2.39 bits per heavy atom. The predicted octanol–water partition coefficient (Wildman–Crippen LogP) is 5.70. The van der Waals surface area contributed by atoms with E-state index >= 15 is 0 Å². The maximum atomic E-state index is 13.9. The van der Waals surface area contributed by atoms with Crippen LogP contribution in [0.1, 0.15) is 10.4 Å². The Hall–Kier alpha value is -4.53. The minimum absolute atomic E-state index is 0.0299. The van der Waals surface area contributed by atoms with Crippen molar-refractivity contribution < 1.29 is 44.0 Å². The summed E-state index contributed by atoms with van der Waals surface area (Å²) in [5.74, 6) is -10.6. The number of carbonyl (C=O) groups is 1. The van der Waals surface area contributed by atoms with Crippen LogP contribution in [0.5, 0.6) is 0 Å². The zero-order valence-electron chi connectivity index (χ0n) is 22.6. The molecule has 8 nitrogen and oxygen atoms in total. The SMILES string of the molecule is CS(=O)(=O)N(CCF)c1cc2oc3c4ccc(F)cc4[nH]c(=O)c3c2cc1-c1cccc(C(=O)N2CC(F)(F)C(F)(F)C2)c1. The average molecular weight is 638 g/mol. The lowest BCUT2D eigenvalue weighted by Crippen LogP contribution is -2.38. The van der Waals surface area contributed by atoms with Crippen molar-refractivity contribution in [2.45, 2.75) is 11.8 Å². The lowest BCUT2D eigenvalue weighted by Gasteiger charge is -2.24. The Labute approximate surface area is 244 Å². The van der Waals surface area contributed by atoms with Gasteiger partial charge in [-0.2, -0.15) is 17.6 Å². The number of halogens is 6. The standard InChI is InChI=1S/C29H21F6N3O5S/c1-44(41,42)38(8-7-30)22-12-23-20(24-25(43-23)18-6-5-17(31)10-21(18)36-26(24)39)11-19(22)15-3-2-4-16(9-15)27(40)37-13-28(32,33)29(34,35)14-37/h2-6,9-12H,7-8,13-14H2,1H3,(H,36,39). The van der Waals surface area contributed by atoms with E-state index in [0.717, 1.165) is 22.7 Å². The molecule has 0 saturated carbocycles. The number of H-pyrrole nitrogens is 1. The molecule has 230 valence electrons. The van der Waals surface area contributed by atoms with Crippen LogP contribution in [0.2, 0.25) is 0 Å². The van der Waals surface area contributed by atoms with Gasteiger partial charge >= 0.3 is 11.8 Å². The lowest BCUT2D eigenvalue weighted by atomic mass is 9.98. The summed E-state index contributed by atoms with van der Waals surface area (Å²) in [4.78, 5) is 29.1. The number of rotatable bonds is 6. The number of sulfonamides is 1. The maximum absolute atomic E-state index is 13.9. The Kier molecular flexibility index (Phi) is 6.72. The molecule has 0 unspecified atom stereocenters. The van der Waals surface area contributed by atoms with Gasteiger partial charge in [-0.3, -0.25) is 13.9 Å². The van der Waals surface area contributed by atoms with E-state index < -0.39 is 65.5 Å². The number of hydrogen-bond donors (Lipinski definition) is 1. The molecular formula is C29H21F6N3O5S. The van der Waals surface area contributed by atoms with E-state index in [-0.39, 0.29) is 49.8 Å². The number of hydrogen-bond acceptors (Lipinski definition) is 5. The van der Waals surface area contributed by atoms with Gasteiger partial charge in [-0.15, -0.1) is 0 Å². The molecule has 1 aliphatic rings. The van der Waals surface area contributed by atoms with Crippen LogP contribution in [0.3, 0.4) is 0 Å². The van der Waals surface area contributed by atoms with Crippen LogP contribution in [0, 0.1) is 5.82 Å². The van der Waals surface area contributed by atoms with Gasteiger partial charge in [-0.25, -0.2) is 17.2 Å². The number of furan rings is 1. The molecule has 6 rings (SSSR count). The van der Waals surface area contributed by atoms with Crippen molar-refractivity contribution in [3.05, 3.63) is 76.3 Å². The Morgan fingerprint density at radius 2 is 1.73 bits per heavy atom. The summed E-state index contributed by atoms with van der Waals surface area (Å²) < 4.78 is 115. The number of aromatic amines is 1. The van der Waals surface area contributed by atoms with Gasteiger partial charge in [0.25, 0.3) is 11.5 Å². The van der Waals surface area contributed by atoms with Gasteiger partial charge in [0.2, 0.25) is 10.0 Å². The van der Waals surface area contributed by atoms with E-state index in [2.05, 4.69) is 4.98 Å². The van der Waals surface area contributed by atoms with Crippen LogP contribution in [0.15, 0.2) is 63.8 Å². The second kappa shape index (κ2) is 10.0. The lowest BCUT2D eigenvalue weighted by molar-refractivity contribution is -0.172. The molecule has 1 N–H and O–H groups in total. The molecule has 5 aromatic rings. The van der Waals surface area contributed by atoms with Gasteiger partial charge in [-0.05, 0) is 42.0 Å². The van der Waals surface area contributed by atoms with Gasteiger partial charge in [0, 0.05) is 28.0 Å². The highest BCUT2D eigenvalue weighted by Gasteiger charge is 2.63. The number of pyridine rings is 1. The molecule has 0 spiro atoms. The first-order chi connectivity index (χ1) is 20.6. The van der Waals surface area contributed by atoms with Crippen molar-refractivity contribution >= 4 is 54.5 Å². The predicted molar refractivity (Wildman–Crippen MR) is 151 cm³/mol. The number of alkyl halides is 5. The van der Waals surface area contributed by atoms with Gasteiger partial charge in [-0.1, -0.05) is 12.1 Å². The summed E-state index contributed by atoms with van der Waals surface area (Å²) >= 11 is 0. The van der Waals surface area contributed by atoms with Crippen molar-refractivity contribution in [3.63, 3.8) is 0 Å². The summed E-state index contributed by atoms with van der Waals surface area (Å²) in [6.07, 6.45) is 0.843. The minimum Gasteiger partial charge on any atom is -0.455 e. The van der Waals surface area contributed by atoms with E-state index in [1.165, 1.54) is 42.5 Å². The van der Waals surface area contributed by atoms with Crippen molar-refractivity contribution in [3.8, 4) is 11.1 Å². The molecule has 0 aliphatic carbocycles. The number of anilines is 1.